The molecule has 0 atom stereocenters. The first-order chi connectivity index (χ1) is 13.8. The number of anilines is 1. The molecule has 1 aromatic heterocycles. The third-order valence-corrected chi connectivity index (χ3v) is 5.64. The van der Waals surface area contributed by atoms with Crippen LogP contribution in [0.4, 0.5) is 5.69 Å². The summed E-state index contributed by atoms with van der Waals surface area (Å²) >= 11 is 6.11. The maximum absolute atomic E-state index is 12.7. The molecule has 7 nitrogen and oxygen atoms in total. The number of hydrogen-bond donors (Lipinski definition) is 1. The predicted octanol–water partition coefficient (Wildman–Crippen LogP) is 3.35. The predicted molar refractivity (Wildman–Crippen MR) is 115 cm³/mol. The van der Waals surface area contributed by atoms with Gasteiger partial charge in [-0.15, -0.1) is 4.40 Å². The zero-order chi connectivity index (χ0) is 21.0. The third kappa shape index (κ3) is 5.10. The van der Waals surface area contributed by atoms with Gasteiger partial charge in [0, 0.05) is 48.0 Å². The van der Waals surface area contributed by atoms with Crippen LogP contribution in [0.1, 0.15) is 5.56 Å². The molecule has 150 valence electrons. The van der Waals surface area contributed by atoms with E-state index in [1.165, 1.54) is 29.7 Å². The minimum Gasteiger partial charge on any atom is -0.368 e. The molecule has 0 aliphatic rings. The SMILES string of the molecule is CN(C)C=NS(=O)(=O)c1cc(NC(=O)Cc2ccccc2Cl)cc2cnccc12. The summed E-state index contributed by atoms with van der Waals surface area (Å²) in [6, 6.07) is 11.7. The molecule has 0 radical (unpaired) electrons. The Bertz CT molecular complexity index is 1190. The highest BCUT2D eigenvalue weighted by atomic mass is 35.5. The Morgan fingerprint density at radius 1 is 1.24 bits per heavy atom. The Kier molecular flexibility index (Phi) is 6.14. The molecule has 0 unspecified atom stereocenters. The third-order valence-electron chi connectivity index (χ3n) is 4.00. The van der Waals surface area contributed by atoms with E-state index in [-0.39, 0.29) is 17.2 Å². The van der Waals surface area contributed by atoms with Crippen LogP contribution < -0.4 is 5.32 Å². The Balaban J connectivity index is 1.97. The zero-order valence-corrected chi connectivity index (χ0v) is 17.4. The van der Waals surface area contributed by atoms with Crippen molar-refractivity contribution in [1.29, 1.82) is 0 Å². The van der Waals surface area contributed by atoms with Gasteiger partial charge in [0.25, 0.3) is 10.0 Å². The summed E-state index contributed by atoms with van der Waals surface area (Å²) in [5.41, 5.74) is 1.01. The number of hydrogen-bond acceptors (Lipinski definition) is 4. The molecule has 3 rings (SSSR count). The fourth-order valence-electron chi connectivity index (χ4n) is 2.69. The van der Waals surface area contributed by atoms with Crippen molar-refractivity contribution in [3.8, 4) is 0 Å². The summed E-state index contributed by atoms with van der Waals surface area (Å²) in [7, 11) is -0.632. The topological polar surface area (TPSA) is 91.7 Å². The first kappa shape index (κ1) is 20.8. The van der Waals surface area contributed by atoms with E-state index >= 15 is 0 Å². The fourth-order valence-corrected chi connectivity index (χ4v) is 4.06. The van der Waals surface area contributed by atoms with Gasteiger partial charge in [-0.25, -0.2) is 0 Å². The number of nitrogens with one attached hydrogen (secondary N) is 1. The van der Waals surface area contributed by atoms with Gasteiger partial charge in [0.15, 0.2) is 0 Å². The van der Waals surface area contributed by atoms with Crippen LogP contribution in [0.2, 0.25) is 5.02 Å². The lowest BCUT2D eigenvalue weighted by atomic mass is 10.1. The molecule has 1 amide bonds. The molecule has 0 fully saturated rings. The standard InChI is InChI=1S/C20H19ClN4O3S/c1-25(2)13-23-29(27,28)19-11-16(9-15-12-22-8-7-17(15)19)24-20(26)10-14-5-3-4-6-18(14)21/h3-9,11-13H,10H2,1-2H3,(H,24,26). The fraction of sp³-hybridized carbons (Fsp3) is 0.150. The Labute approximate surface area is 174 Å². The molecule has 0 saturated carbocycles. The van der Waals surface area contributed by atoms with Crippen molar-refractivity contribution in [3.63, 3.8) is 0 Å². The minimum atomic E-state index is -3.98. The Hall–Kier alpha value is -2.97. The monoisotopic (exact) mass is 430 g/mol. The average Bonchev–Trinajstić information content (AvgIpc) is 2.67. The van der Waals surface area contributed by atoms with E-state index in [0.717, 1.165) is 0 Å². The lowest BCUT2D eigenvalue weighted by Crippen LogP contribution is -2.15. The van der Waals surface area contributed by atoms with E-state index in [1.54, 1.807) is 50.5 Å². The Morgan fingerprint density at radius 3 is 2.72 bits per heavy atom. The number of carbonyl (C=O) groups excluding carboxylic acids is 1. The lowest BCUT2D eigenvalue weighted by Gasteiger charge is -2.11. The highest BCUT2D eigenvalue weighted by Crippen LogP contribution is 2.28. The van der Waals surface area contributed by atoms with Gasteiger partial charge in [0.1, 0.15) is 6.34 Å². The van der Waals surface area contributed by atoms with Crippen LogP contribution in [0.5, 0.6) is 0 Å². The molecule has 1 heterocycles. The number of carbonyl (C=O) groups is 1. The van der Waals surface area contributed by atoms with E-state index in [1.807, 2.05) is 0 Å². The summed E-state index contributed by atoms with van der Waals surface area (Å²) in [6.45, 7) is 0. The van der Waals surface area contributed by atoms with Gasteiger partial charge in [-0.05, 0) is 29.8 Å². The van der Waals surface area contributed by atoms with Crippen LogP contribution in [0.25, 0.3) is 10.8 Å². The van der Waals surface area contributed by atoms with E-state index < -0.39 is 10.0 Å². The number of rotatable bonds is 6. The van der Waals surface area contributed by atoms with E-state index in [2.05, 4.69) is 14.7 Å². The van der Waals surface area contributed by atoms with Crippen molar-refractivity contribution in [3.05, 3.63) is 65.4 Å². The minimum absolute atomic E-state index is 0.0106. The van der Waals surface area contributed by atoms with Gasteiger partial charge in [0.2, 0.25) is 5.91 Å². The highest BCUT2D eigenvalue weighted by Gasteiger charge is 2.18. The number of aromatic nitrogens is 1. The number of fused-ring (bicyclic) bond motifs is 1. The van der Waals surface area contributed by atoms with Crippen molar-refractivity contribution in [2.75, 3.05) is 19.4 Å². The average molecular weight is 431 g/mol. The van der Waals surface area contributed by atoms with Crippen molar-refractivity contribution in [1.82, 2.24) is 9.88 Å². The maximum atomic E-state index is 12.7. The van der Waals surface area contributed by atoms with Crippen LogP contribution >= 0.6 is 11.6 Å². The van der Waals surface area contributed by atoms with Crippen LogP contribution in [0, 0.1) is 0 Å². The van der Waals surface area contributed by atoms with Crippen LogP contribution in [0.15, 0.2) is 64.2 Å². The molecule has 1 N–H and O–H groups in total. The molecule has 29 heavy (non-hydrogen) atoms. The number of nitrogens with zero attached hydrogens (tertiary/aromatic N) is 3. The van der Waals surface area contributed by atoms with Crippen molar-refractivity contribution in [2.45, 2.75) is 11.3 Å². The first-order valence-corrected chi connectivity index (χ1v) is 10.5. The smallest absolute Gasteiger partial charge is 0.284 e. The molecule has 9 heteroatoms. The van der Waals surface area contributed by atoms with Crippen molar-refractivity contribution >= 4 is 50.3 Å². The summed E-state index contributed by atoms with van der Waals surface area (Å²) < 4.78 is 29.2. The second-order valence-corrected chi connectivity index (χ2v) is 8.56. The van der Waals surface area contributed by atoms with Crippen LogP contribution in [-0.4, -0.2) is 44.6 Å². The summed E-state index contributed by atoms with van der Waals surface area (Å²) in [6.07, 6.45) is 4.32. The number of halogens is 1. The summed E-state index contributed by atoms with van der Waals surface area (Å²) in [5.74, 6) is -0.318. The number of benzene rings is 2. The van der Waals surface area contributed by atoms with Crippen LogP contribution in [-0.2, 0) is 21.2 Å². The van der Waals surface area contributed by atoms with E-state index in [9.17, 15) is 13.2 Å². The molecule has 0 aliphatic heterocycles. The normalized spacial score (nSPS) is 11.7. The zero-order valence-electron chi connectivity index (χ0n) is 15.8. The van der Waals surface area contributed by atoms with Gasteiger partial charge in [-0.3, -0.25) is 9.78 Å². The maximum Gasteiger partial charge on any atom is 0.284 e. The second-order valence-electron chi connectivity index (χ2n) is 6.55. The van der Waals surface area contributed by atoms with Crippen molar-refractivity contribution in [2.24, 2.45) is 4.40 Å². The molecule has 3 aromatic rings. The second kappa shape index (κ2) is 8.59. The lowest BCUT2D eigenvalue weighted by molar-refractivity contribution is -0.115. The number of sulfonamides is 1. The molecular weight excluding hydrogens is 412 g/mol. The molecule has 0 bridgehead atoms. The van der Waals surface area contributed by atoms with Crippen LogP contribution in [0.3, 0.4) is 0 Å². The van der Waals surface area contributed by atoms with Gasteiger partial charge >= 0.3 is 0 Å². The highest BCUT2D eigenvalue weighted by molar-refractivity contribution is 7.90. The van der Waals surface area contributed by atoms with Gasteiger partial charge in [-0.1, -0.05) is 29.8 Å². The van der Waals surface area contributed by atoms with E-state index in [4.69, 9.17) is 11.6 Å². The molecule has 2 aromatic carbocycles. The number of pyridine rings is 1. The molecule has 0 spiro atoms. The summed E-state index contributed by atoms with van der Waals surface area (Å²) in [5, 5.41) is 4.27. The van der Waals surface area contributed by atoms with Gasteiger partial charge in [0.05, 0.1) is 11.3 Å². The van der Waals surface area contributed by atoms with Gasteiger partial charge < -0.3 is 10.2 Å². The number of amides is 1. The quantitative estimate of drug-likeness (QED) is 0.478. The van der Waals surface area contributed by atoms with E-state index in [0.29, 0.717) is 27.0 Å². The first-order valence-electron chi connectivity index (χ1n) is 8.64. The summed E-state index contributed by atoms with van der Waals surface area (Å²) in [4.78, 5) is 18.0. The largest absolute Gasteiger partial charge is 0.368 e. The van der Waals surface area contributed by atoms with Gasteiger partial charge in [-0.2, -0.15) is 8.42 Å². The van der Waals surface area contributed by atoms with Crippen molar-refractivity contribution < 1.29 is 13.2 Å². The molecular formula is C20H19ClN4O3S. The molecule has 0 aliphatic carbocycles. The molecule has 0 saturated heterocycles. The Morgan fingerprint density at radius 2 is 2.00 bits per heavy atom.